The first kappa shape index (κ1) is 25.1. The standard InChI is InChI=1S/C30H38O7S/c31-29(36-14-27-20-3-16-1-17(5-20)6-21(27)4-16)24-11-25(13-26(12-24)38(33,34)35)30(32)37-15-28-22-7-18-2-19(9-22)10-23(28)8-18/h11-13,16-23,27-28H,1-10,14-15H2,(H,33,34,35). The summed E-state index contributed by atoms with van der Waals surface area (Å²) in [6.07, 6.45) is 12.4. The highest BCUT2D eigenvalue weighted by molar-refractivity contribution is 7.85. The van der Waals surface area contributed by atoms with Crippen molar-refractivity contribution in [2.24, 2.45) is 59.2 Å². The van der Waals surface area contributed by atoms with Crippen LogP contribution in [0.3, 0.4) is 0 Å². The van der Waals surface area contributed by atoms with E-state index in [-0.39, 0.29) is 11.1 Å². The van der Waals surface area contributed by atoms with Crippen molar-refractivity contribution in [3.8, 4) is 0 Å². The van der Waals surface area contributed by atoms with Gasteiger partial charge in [0.15, 0.2) is 0 Å². The summed E-state index contributed by atoms with van der Waals surface area (Å²) in [6.45, 7) is 0.631. The number of ether oxygens (including phenoxy) is 2. The lowest BCUT2D eigenvalue weighted by molar-refractivity contribution is -0.0623. The molecule has 9 rings (SSSR count). The number of rotatable bonds is 7. The van der Waals surface area contributed by atoms with Gasteiger partial charge in [-0.05, 0) is 142 Å². The third kappa shape index (κ3) is 4.59. The van der Waals surface area contributed by atoms with Crippen LogP contribution in [-0.2, 0) is 19.6 Å². The number of hydrogen-bond acceptors (Lipinski definition) is 6. The van der Waals surface area contributed by atoms with E-state index in [1.54, 1.807) is 0 Å². The van der Waals surface area contributed by atoms with Crippen molar-refractivity contribution in [1.82, 2.24) is 0 Å². The van der Waals surface area contributed by atoms with Crippen LogP contribution in [-0.4, -0.2) is 38.1 Å². The van der Waals surface area contributed by atoms with Crippen molar-refractivity contribution in [2.75, 3.05) is 13.2 Å². The van der Waals surface area contributed by atoms with Gasteiger partial charge in [-0.1, -0.05) is 0 Å². The molecule has 8 fully saturated rings. The van der Waals surface area contributed by atoms with Crippen molar-refractivity contribution in [1.29, 1.82) is 0 Å². The van der Waals surface area contributed by atoms with E-state index in [1.165, 1.54) is 70.3 Å². The van der Waals surface area contributed by atoms with Gasteiger partial charge in [-0.25, -0.2) is 9.59 Å². The van der Waals surface area contributed by atoms with Gasteiger partial charge in [0.25, 0.3) is 10.1 Å². The zero-order valence-electron chi connectivity index (χ0n) is 21.8. The molecular formula is C30H38O7S. The number of carbonyl (C=O) groups excluding carboxylic acids is 2. The third-order valence-electron chi connectivity index (χ3n) is 11.3. The SMILES string of the molecule is O=C(OCC1C2CC3CC(C2)CC1C3)c1cc(C(=O)OCC2C3CC4CC(C3)CC2C4)cc(S(=O)(=O)O)c1. The minimum atomic E-state index is -4.63. The molecule has 0 heterocycles. The fourth-order valence-corrected chi connectivity index (χ4v) is 10.7. The molecule has 0 unspecified atom stereocenters. The van der Waals surface area contributed by atoms with Gasteiger partial charge in [0, 0.05) is 0 Å². The Morgan fingerprint density at radius 1 is 0.632 bits per heavy atom. The summed E-state index contributed by atoms with van der Waals surface area (Å²) in [6, 6.07) is 3.51. The zero-order chi connectivity index (χ0) is 26.2. The summed E-state index contributed by atoms with van der Waals surface area (Å²) in [7, 11) is -4.63. The molecule has 8 aliphatic carbocycles. The molecule has 8 heteroatoms. The molecular weight excluding hydrogens is 504 g/mol. The summed E-state index contributed by atoms with van der Waals surface area (Å²) in [5, 5.41) is 0. The lowest BCUT2D eigenvalue weighted by atomic mass is 9.52. The molecule has 0 aromatic heterocycles. The van der Waals surface area contributed by atoms with Crippen molar-refractivity contribution in [2.45, 2.75) is 69.1 Å². The minimum Gasteiger partial charge on any atom is -0.462 e. The average Bonchev–Trinajstić information content (AvgIpc) is 2.86. The van der Waals surface area contributed by atoms with Gasteiger partial charge >= 0.3 is 11.9 Å². The predicted octanol–water partition coefficient (Wildman–Crippen LogP) is 5.39. The van der Waals surface area contributed by atoms with Gasteiger partial charge in [-0.15, -0.1) is 0 Å². The lowest BCUT2D eigenvalue weighted by Gasteiger charge is -2.54. The molecule has 1 N–H and O–H groups in total. The minimum absolute atomic E-state index is 0.0504. The van der Waals surface area contributed by atoms with Crippen molar-refractivity contribution >= 4 is 22.1 Å². The second-order valence-corrected chi connectivity index (χ2v) is 15.0. The molecule has 7 nitrogen and oxygen atoms in total. The second kappa shape index (κ2) is 9.33. The lowest BCUT2D eigenvalue weighted by Crippen LogP contribution is -2.46. The molecule has 8 bridgehead atoms. The van der Waals surface area contributed by atoms with Gasteiger partial charge in [-0.3, -0.25) is 4.55 Å². The van der Waals surface area contributed by atoms with E-state index in [9.17, 15) is 22.6 Å². The largest absolute Gasteiger partial charge is 0.462 e. The maximum atomic E-state index is 13.1. The molecule has 0 spiro atoms. The van der Waals surface area contributed by atoms with E-state index in [0.29, 0.717) is 48.7 Å². The van der Waals surface area contributed by atoms with Crippen molar-refractivity contribution < 1.29 is 32.0 Å². The Hall–Kier alpha value is -1.93. The summed E-state index contributed by atoms with van der Waals surface area (Å²) in [4.78, 5) is 25.6. The van der Waals surface area contributed by atoms with E-state index in [2.05, 4.69) is 0 Å². The van der Waals surface area contributed by atoms with E-state index in [1.807, 2.05) is 0 Å². The smallest absolute Gasteiger partial charge is 0.338 e. The molecule has 8 saturated carbocycles. The number of benzene rings is 1. The van der Waals surface area contributed by atoms with Crippen LogP contribution >= 0.6 is 0 Å². The van der Waals surface area contributed by atoms with Gasteiger partial charge < -0.3 is 9.47 Å². The van der Waals surface area contributed by atoms with Crippen molar-refractivity contribution in [3.63, 3.8) is 0 Å². The topological polar surface area (TPSA) is 107 Å². The van der Waals surface area contributed by atoms with Gasteiger partial charge in [0.2, 0.25) is 0 Å². The fourth-order valence-electron chi connectivity index (χ4n) is 10.1. The van der Waals surface area contributed by atoms with Crippen LogP contribution in [0.25, 0.3) is 0 Å². The van der Waals surface area contributed by atoms with Gasteiger partial charge in [-0.2, -0.15) is 8.42 Å². The molecule has 1 aromatic rings. The highest BCUT2D eigenvalue weighted by atomic mass is 32.2. The van der Waals surface area contributed by atoms with Gasteiger partial charge in [0.1, 0.15) is 0 Å². The Morgan fingerprint density at radius 2 is 0.974 bits per heavy atom. The molecule has 0 aliphatic heterocycles. The second-order valence-electron chi connectivity index (χ2n) is 13.6. The summed E-state index contributed by atoms with van der Waals surface area (Å²) in [5.41, 5.74) is -0.101. The van der Waals surface area contributed by atoms with E-state index in [4.69, 9.17) is 9.47 Å². The fraction of sp³-hybridized carbons (Fsp3) is 0.733. The summed E-state index contributed by atoms with van der Waals surface area (Å²) >= 11 is 0. The molecule has 0 amide bonds. The van der Waals surface area contributed by atoms with Crippen LogP contribution in [0, 0.1) is 59.2 Å². The molecule has 8 aliphatic rings. The van der Waals surface area contributed by atoms with E-state index < -0.39 is 27.0 Å². The molecule has 206 valence electrons. The van der Waals surface area contributed by atoms with Crippen LogP contribution in [0.2, 0.25) is 0 Å². The van der Waals surface area contributed by atoms with E-state index >= 15 is 0 Å². The first-order chi connectivity index (χ1) is 18.2. The monoisotopic (exact) mass is 542 g/mol. The van der Waals surface area contributed by atoms with Crippen LogP contribution in [0.4, 0.5) is 0 Å². The van der Waals surface area contributed by atoms with E-state index in [0.717, 1.165) is 35.8 Å². The highest BCUT2D eigenvalue weighted by Gasteiger charge is 2.49. The third-order valence-corrected chi connectivity index (χ3v) is 12.2. The molecule has 1 aromatic carbocycles. The average molecular weight is 543 g/mol. The maximum Gasteiger partial charge on any atom is 0.338 e. The van der Waals surface area contributed by atoms with Crippen LogP contribution < -0.4 is 0 Å². The first-order valence-corrected chi connectivity index (χ1v) is 16.1. The van der Waals surface area contributed by atoms with Crippen molar-refractivity contribution in [3.05, 3.63) is 29.3 Å². The Balaban J connectivity index is 1.04. The Morgan fingerprint density at radius 3 is 1.29 bits per heavy atom. The van der Waals surface area contributed by atoms with Crippen LogP contribution in [0.5, 0.6) is 0 Å². The molecule has 38 heavy (non-hydrogen) atoms. The zero-order valence-corrected chi connectivity index (χ0v) is 22.6. The maximum absolute atomic E-state index is 13.1. The summed E-state index contributed by atoms with van der Waals surface area (Å²) in [5.74, 6) is 5.04. The van der Waals surface area contributed by atoms with Crippen LogP contribution in [0.15, 0.2) is 23.1 Å². The predicted molar refractivity (Wildman–Crippen MR) is 138 cm³/mol. The highest BCUT2D eigenvalue weighted by Crippen LogP contribution is 2.57. The Labute approximate surface area is 224 Å². The molecule has 0 radical (unpaired) electrons. The van der Waals surface area contributed by atoms with Gasteiger partial charge in [0.05, 0.1) is 29.2 Å². The quantitative estimate of drug-likeness (QED) is 0.364. The van der Waals surface area contributed by atoms with Crippen LogP contribution in [0.1, 0.15) is 84.9 Å². The number of hydrogen-bond donors (Lipinski definition) is 1. The first-order valence-electron chi connectivity index (χ1n) is 14.7. The molecule has 0 atom stereocenters. The Kier molecular flexibility index (Phi) is 6.15. The Bertz CT molecular complexity index is 1100. The number of carbonyl (C=O) groups is 2. The summed E-state index contributed by atoms with van der Waals surface area (Å²) < 4.78 is 45.1. The number of esters is 2. The normalized spacial score (nSPS) is 40.3. The molecule has 0 saturated heterocycles.